The molecule has 5 heteroatoms. The molecule has 114 valence electrons. The lowest BCUT2D eigenvalue weighted by Gasteiger charge is -2.27. The molecule has 2 heterocycles. The molecule has 1 N–H and O–H groups in total. The van der Waals surface area contributed by atoms with Crippen LogP contribution in [0.15, 0.2) is 6.33 Å². The number of fused-ring (bicyclic) bond motifs is 1. The van der Waals surface area contributed by atoms with Crippen molar-refractivity contribution in [1.82, 2.24) is 14.9 Å². The summed E-state index contributed by atoms with van der Waals surface area (Å²) in [4.78, 5) is 23.0. The number of hydrogen-bond acceptors (Lipinski definition) is 4. The Morgan fingerprint density at radius 2 is 1.81 bits per heavy atom. The van der Waals surface area contributed by atoms with Crippen LogP contribution in [0.4, 0.5) is 5.82 Å². The maximum absolute atomic E-state index is 12.2. The Labute approximate surface area is 126 Å². The van der Waals surface area contributed by atoms with Gasteiger partial charge in [-0.05, 0) is 44.9 Å². The Morgan fingerprint density at radius 3 is 2.67 bits per heavy atom. The van der Waals surface area contributed by atoms with E-state index in [2.05, 4.69) is 15.3 Å². The van der Waals surface area contributed by atoms with Crippen LogP contribution in [-0.2, 0) is 17.6 Å². The van der Waals surface area contributed by atoms with E-state index in [1.165, 1.54) is 31.2 Å². The van der Waals surface area contributed by atoms with Crippen LogP contribution >= 0.6 is 0 Å². The van der Waals surface area contributed by atoms with Gasteiger partial charge in [0.15, 0.2) is 0 Å². The molecule has 1 aromatic rings. The van der Waals surface area contributed by atoms with Gasteiger partial charge in [0.1, 0.15) is 12.1 Å². The monoisotopic (exact) mass is 288 g/mol. The van der Waals surface area contributed by atoms with Crippen molar-refractivity contribution < 1.29 is 4.79 Å². The normalized spacial score (nSPS) is 18.8. The maximum Gasteiger partial charge on any atom is 0.241 e. The fourth-order valence-corrected chi connectivity index (χ4v) is 3.26. The van der Waals surface area contributed by atoms with Crippen LogP contribution in [0.5, 0.6) is 0 Å². The van der Waals surface area contributed by atoms with Gasteiger partial charge in [0, 0.05) is 24.3 Å². The lowest BCUT2D eigenvalue weighted by atomic mass is 10.1. The van der Waals surface area contributed by atoms with Crippen LogP contribution in [0, 0.1) is 0 Å². The van der Waals surface area contributed by atoms with E-state index in [9.17, 15) is 4.79 Å². The van der Waals surface area contributed by atoms with Crippen molar-refractivity contribution in [1.29, 1.82) is 0 Å². The summed E-state index contributed by atoms with van der Waals surface area (Å²) in [6, 6.07) is 0. The summed E-state index contributed by atoms with van der Waals surface area (Å²) in [6.07, 6.45) is 10.8. The zero-order valence-corrected chi connectivity index (χ0v) is 12.6. The highest BCUT2D eigenvalue weighted by molar-refractivity contribution is 5.80. The van der Waals surface area contributed by atoms with E-state index >= 15 is 0 Å². The SMILES string of the molecule is O=C(CNc1ncnc2c1CCCCC2)N1CCCCC1. The fraction of sp³-hybridized carbons (Fsp3) is 0.688. The van der Waals surface area contributed by atoms with E-state index in [-0.39, 0.29) is 5.91 Å². The van der Waals surface area contributed by atoms with Gasteiger partial charge in [-0.15, -0.1) is 0 Å². The molecule has 0 aromatic carbocycles. The number of amides is 1. The third-order valence-corrected chi connectivity index (χ3v) is 4.49. The second kappa shape index (κ2) is 6.87. The number of hydrogen-bond donors (Lipinski definition) is 1. The molecule has 1 saturated heterocycles. The Hall–Kier alpha value is -1.65. The fourth-order valence-electron chi connectivity index (χ4n) is 3.26. The van der Waals surface area contributed by atoms with Crippen LogP contribution in [0.25, 0.3) is 0 Å². The van der Waals surface area contributed by atoms with Crippen LogP contribution in [-0.4, -0.2) is 40.4 Å². The molecule has 1 amide bonds. The van der Waals surface area contributed by atoms with Crippen LogP contribution in [0.1, 0.15) is 49.8 Å². The Bertz CT molecular complexity index is 497. The standard InChI is InChI=1S/C16H24N4O/c21-15(20-9-5-2-6-10-20)11-17-16-13-7-3-1-4-8-14(13)18-12-19-16/h12H,1-11H2,(H,17,18,19). The molecular formula is C16H24N4O. The van der Waals surface area contributed by atoms with E-state index < -0.39 is 0 Å². The number of nitrogens with one attached hydrogen (secondary N) is 1. The minimum absolute atomic E-state index is 0.190. The Kier molecular flexibility index (Phi) is 4.68. The van der Waals surface area contributed by atoms with Crippen molar-refractivity contribution in [3.05, 3.63) is 17.6 Å². The quantitative estimate of drug-likeness (QED) is 0.866. The second-order valence-corrected chi connectivity index (χ2v) is 6.00. The smallest absolute Gasteiger partial charge is 0.241 e. The van der Waals surface area contributed by atoms with Gasteiger partial charge in [-0.3, -0.25) is 4.79 Å². The van der Waals surface area contributed by atoms with Crippen molar-refractivity contribution in [3.8, 4) is 0 Å². The Morgan fingerprint density at radius 1 is 1.05 bits per heavy atom. The highest BCUT2D eigenvalue weighted by Gasteiger charge is 2.18. The second-order valence-electron chi connectivity index (χ2n) is 6.00. The van der Waals surface area contributed by atoms with Crippen LogP contribution < -0.4 is 5.32 Å². The highest BCUT2D eigenvalue weighted by atomic mass is 16.2. The number of likely N-dealkylation sites (tertiary alicyclic amines) is 1. The molecule has 0 unspecified atom stereocenters. The summed E-state index contributed by atoms with van der Waals surface area (Å²) in [5.74, 6) is 1.06. The molecule has 0 spiro atoms. The number of anilines is 1. The van der Waals surface area contributed by atoms with E-state index in [4.69, 9.17) is 0 Å². The van der Waals surface area contributed by atoms with E-state index in [0.29, 0.717) is 6.54 Å². The molecular weight excluding hydrogens is 264 g/mol. The number of carbonyl (C=O) groups is 1. The predicted molar refractivity (Wildman–Crippen MR) is 82.2 cm³/mol. The third kappa shape index (κ3) is 3.52. The minimum Gasteiger partial charge on any atom is -0.361 e. The zero-order chi connectivity index (χ0) is 14.5. The predicted octanol–water partition coefficient (Wildman–Crippen LogP) is 2.17. The van der Waals surface area contributed by atoms with Crippen molar-refractivity contribution in [2.45, 2.75) is 51.4 Å². The maximum atomic E-state index is 12.2. The van der Waals surface area contributed by atoms with E-state index in [1.54, 1.807) is 6.33 Å². The topological polar surface area (TPSA) is 58.1 Å². The van der Waals surface area contributed by atoms with Gasteiger partial charge < -0.3 is 10.2 Å². The van der Waals surface area contributed by atoms with Gasteiger partial charge in [0.05, 0.1) is 6.54 Å². The van der Waals surface area contributed by atoms with Crippen molar-refractivity contribution in [2.24, 2.45) is 0 Å². The number of nitrogens with zero attached hydrogens (tertiary/aromatic N) is 3. The minimum atomic E-state index is 0.190. The number of carbonyl (C=O) groups excluding carboxylic acids is 1. The number of aryl methyl sites for hydroxylation is 1. The molecule has 3 rings (SSSR count). The molecule has 1 aliphatic heterocycles. The summed E-state index contributed by atoms with van der Waals surface area (Å²) in [5.41, 5.74) is 2.39. The van der Waals surface area contributed by atoms with Crippen molar-refractivity contribution in [2.75, 3.05) is 25.0 Å². The van der Waals surface area contributed by atoms with Gasteiger partial charge >= 0.3 is 0 Å². The molecule has 1 aromatic heterocycles. The Balaban J connectivity index is 1.63. The van der Waals surface area contributed by atoms with Gasteiger partial charge in [-0.2, -0.15) is 0 Å². The first-order valence-corrected chi connectivity index (χ1v) is 8.19. The molecule has 1 aliphatic carbocycles. The summed E-state index contributed by atoms with van der Waals surface area (Å²) < 4.78 is 0. The number of aromatic nitrogens is 2. The van der Waals surface area contributed by atoms with Crippen LogP contribution in [0.3, 0.4) is 0 Å². The molecule has 0 atom stereocenters. The molecule has 21 heavy (non-hydrogen) atoms. The van der Waals surface area contributed by atoms with Crippen molar-refractivity contribution >= 4 is 11.7 Å². The van der Waals surface area contributed by atoms with Crippen molar-refractivity contribution in [3.63, 3.8) is 0 Å². The van der Waals surface area contributed by atoms with E-state index in [1.807, 2.05) is 4.90 Å². The number of piperidine rings is 1. The molecule has 5 nitrogen and oxygen atoms in total. The summed E-state index contributed by atoms with van der Waals surface area (Å²) >= 11 is 0. The molecule has 2 aliphatic rings. The average Bonchev–Trinajstić information content (AvgIpc) is 2.79. The lowest BCUT2D eigenvalue weighted by Crippen LogP contribution is -2.39. The average molecular weight is 288 g/mol. The summed E-state index contributed by atoms with van der Waals surface area (Å²) in [5, 5.41) is 3.26. The van der Waals surface area contributed by atoms with Gasteiger partial charge in [-0.1, -0.05) is 6.42 Å². The first-order valence-electron chi connectivity index (χ1n) is 8.19. The van der Waals surface area contributed by atoms with Gasteiger partial charge in [-0.25, -0.2) is 9.97 Å². The van der Waals surface area contributed by atoms with E-state index in [0.717, 1.165) is 50.3 Å². The van der Waals surface area contributed by atoms with Crippen LogP contribution in [0.2, 0.25) is 0 Å². The molecule has 0 bridgehead atoms. The first kappa shape index (κ1) is 14.3. The summed E-state index contributed by atoms with van der Waals surface area (Å²) in [7, 11) is 0. The first-order chi connectivity index (χ1) is 10.3. The molecule has 0 radical (unpaired) electrons. The number of rotatable bonds is 3. The summed E-state index contributed by atoms with van der Waals surface area (Å²) in [6.45, 7) is 2.16. The van der Waals surface area contributed by atoms with Gasteiger partial charge in [0.2, 0.25) is 5.91 Å². The largest absolute Gasteiger partial charge is 0.361 e. The highest BCUT2D eigenvalue weighted by Crippen LogP contribution is 2.23. The van der Waals surface area contributed by atoms with Gasteiger partial charge in [0.25, 0.3) is 0 Å². The lowest BCUT2D eigenvalue weighted by molar-refractivity contribution is -0.130. The third-order valence-electron chi connectivity index (χ3n) is 4.49. The molecule has 1 fully saturated rings. The molecule has 0 saturated carbocycles. The zero-order valence-electron chi connectivity index (χ0n) is 12.6.